The van der Waals surface area contributed by atoms with Crippen molar-refractivity contribution in [1.82, 2.24) is 0 Å². The predicted octanol–water partition coefficient (Wildman–Crippen LogP) is -0.429. The van der Waals surface area contributed by atoms with E-state index in [0.29, 0.717) is 6.04 Å². The molecule has 1 rings (SSSR count). The zero-order chi connectivity index (χ0) is 16.4. The predicted molar refractivity (Wildman–Crippen MR) is 78.0 cm³/mol. The minimum atomic E-state index is -1.22. The highest BCUT2D eigenvalue weighted by Crippen LogP contribution is 2.14. The molecule has 1 saturated carbocycles. The molecule has 0 amide bonds. The summed E-state index contributed by atoms with van der Waals surface area (Å²) in [6.45, 7) is 0. The van der Waals surface area contributed by atoms with E-state index in [-0.39, 0.29) is 12.7 Å². The van der Waals surface area contributed by atoms with Crippen LogP contribution in [0, 0.1) is 0 Å². The van der Waals surface area contributed by atoms with Gasteiger partial charge in [-0.25, -0.2) is 0 Å². The number of carbonyl (C=O) groups is 2. The molecule has 1 fully saturated rings. The molecule has 0 aromatic heterocycles. The lowest BCUT2D eigenvalue weighted by atomic mass is 9.97. The van der Waals surface area contributed by atoms with Crippen LogP contribution in [0.4, 0.5) is 0 Å². The number of aliphatic hydroxyl groups is 2. The average molecular weight is 294 g/mol. The van der Waals surface area contributed by atoms with Crippen molar-refractivity contribution in [2.45, 2.75) is 50.7 Å². The van der Waals surface area contributed by atoms with E-state index in [0.717, 1.165) is 7.11 Å². The molecule has 0 radical (unpaired) electrons. The van der Waals surface area contributed by atoms with E-state index in [9.17, 15) is 9.59 Å². The molecular formula is C13H30N2O5. The molecule has 0 aromatic rings. The summed E-state index contributed by atoms with van der Waals surface area (Å²) in [5, 5.41) is 15.5. The van der Waals surface area contributed by atoms with E-state index in [1.54, 1.807) is 0 Å². The summed E-state index contributed by atoms with van der Waals surface area (Å²) < 4.78 is 4.16. The van der Waals surface area contributed by atoms with Gasteiger partial charge < -0.3 is 31.2 Å². The van der Waals surface area contributed by atoms with Gasteiger partial charge in [0.1, 0.15) is 12.4 Å². The molecule has 20 heavy (non-hydrogen) atoms. The van der Waals surface area contributed by atoms with Crippen molar-refractivity contribution in [1.29, 1.82) is 0 Å². The van der Waals surface area contributed by atoms with Gasteiger partial charge in [0.25, 0.3) is 0 Å². The first-order valence-electron chi connectivity index (χ1n) is 6.58. The van der Waals surface area contributed by atoms with Crippen LogP contribution < -0.4 is 11.5 Å². The zero-order valence-electron chi connectivity index (χ0n) is 12.7. The van der Waals surface area contributed by atoms with E-state index in [2.05, 4.69) is 10.5 Å². The van der Waals surface area contributed by atoms with Crippen LogP contribution in [0.1, 0.15) is 38.5 Å². The van der Waals surface area contributed by atoms with E-state index >= 15 is 0 Å². The van der Waals surface area contributed by atoms with Crippen LogP contribution in [0.2, 0.25) is 0 Å². The number of esters is 1. The molecule has 7 nitrogen and oxygen atoms in total. The fourth-order valence-electron chi connectivity index (χ4n) is 1.44. The largest absolute Gasteiger partial charge is 0.469 e. The van der Waals surface area contributed by atoms with Crippen LogP contribution in [0.15, 0.2) is 0 Å². The van der Waals surface area contributed by atoms with Gasteiger partial charge in [0, 0.05) is 13.2 Å². The van der Waals surface area contributed by atoms with Crippen molar-refractivity contribution in [3.05, 3.63) is 0 Å². The molecule has 0 bridgehead atoms. The Morgan fingerprint density at radius 2 is 1.75 bits per heavy atom. The minimum absolute atomic E-state index is 0.264. The first-order chi connectivity index (χ1) is 9.60. The van der Waals surface area contributed by atoms with Gasteiger partial charge >= 0.3 is 5.97 Å². The third kappa shape index (κ3) is 19.3. The molecule has 0 aliphatic heterocycles. The molecule has 0 aromatic carbocycles. The molecule has 0 spiro atoms. The Kier molecular flexibility index (Phi) is 24.4. The summed E-state index contributed by atoms with van der Waals surface area (Å²) in [7, 11) is 3.69. The van der Waals surface area contributed by atoms with Gasteiger partial charge in [-0.2, -0.15) is 0 Å². The lowest BCUT2D eigenvalue weighted by molar-refractivity contribution is -0.144. The zero-order valence-corrected chi connectivity index (χ0v) is 12.7. The quantitative estimate of drug-likeness (QED) is 0.409. The van der Waals surface area contributed by atoms with Crippen LogP contribution >= 0.6 is 0 Å². The van der Waals surface area contributed by atoms with E-state index in [1.807, 2.05) is 0 Å². The lowest BCUT2D eigenvalue weighted by Gasteiger charge is -2.15. The van der Waals surface area contributed by atoms with E-state index in [1.165, 1.54) is 46.3 Å². The molecule has 1 aliphatic carbocycles. The van der Waals surface area contributed by atoms with Crippen molar-refractivity contribution in [2.24, 2.45) is 11.5 Å². The Bertz CT molecular complexity index is 209. The second-order valence-corrected chi connectivity index (χ2v) is 3.88. The number of methoxy groups -OCH3 is 1. The standard InChI is InChI=1S/C6H13N.C5H8O4.CH5N.CH4O/c7-6-4-2-1-3-5-6;1-9-5(8)2-4(7)3-6;2*1-2/h6H,1-5,7H2;3-4,7H,2H2,1H3;2H2,1H3;2H,1H3. The number of ether oxygens (including phenoxy) is 1. The Morgan fingerprint density at radius 3 is 2.00 bits per heavy atom. The summed E-state index contributed by atoms with van der Waals surface area (Å²) in [6.07, 6.45) is 5.46. The smallest absolute Gasteiger partial charge is 0.308 e. The first-order valence-corrected chi connectivity index (χ1v) is 6.58. The molecule has 122 valence electrons. The molecule has 1 atom stereocenters. The number of aliphatic hydroxyl groups excluding tert-OH is 2. The van der Waals surface area contributed by atoms with Crippen LogP contribution in [0.5, 0.6) is 0 Å². The van der Waals surface area contributed by atoms with Gasteiger partial charge in [0.2, 0.25) is 0 Å². The van der Waals surface area contributed by atoms with Gasteiger partial charge in [-0.05, 0) is 19.9 Å². The Morgan fingerprint density at radius 1 is 1.30 bits per heavy atom. The van der Waals surface area contributed by atoms with Gasteiger partial charge in [0.15, 0.2) is 0 Å². The summed E-state index contributed by atoms with van der Waals surface area (Å²) in [4.78, 5) is 19.9. The summed E-state index contributed by atoms with van der Waals surface area (Å²) in [5.41, 5.74) is 10.1. The number of carbonyl (C=O) groups excluding carboxylic acids is 2. The number of aldehydes is 1. The fourth-order valence-corrected chi connectivity index (χ4v) is 1.44. The van der Waals surface area contributed by atoms with Crippen molar-refractivity contribution >= 4 is 12.3 Å². The minimum Gasteiger partial charge on any atom is -0.469 e. The van der Waals surface area contributed by atoms with Crippen LogP contribution in [0.25, 0.3) is 0 Å². The highest BCUT2D eigenvalue weighted by Gasteiger charge is 2.08. The first kappa shape index (κ1) is 24.0. The van der Waals surface area contributed by atoms with E-state index in [4.69, 9.17) is 15.9 Å². The highest BCUT2D eigenvalue weighted by atomic mass is 16.5. The topological polar surface area (TPSA) is 136 Å². The number of nitrogens with two attached hydrogens (primary N) is 2. The number of rotatable bonds is 3. The number of hydrogen-bond donors (Lipinski definition) is 4. The van der Waals surface area contributed by atoms with Crippen LogP contribution in [-0.2, 0) is 14.3 Å². The third-order valence-corrected chi connectivity index (χ3v) is 2.41. The van der Waals surface area contributed by atoms with Crippen molar-refractivity contribution < 1.29 is 24.5 Å². The summed E-state index contributed by atoms with van der Waals surface area (Å²) in [6, 6.07) is 0.536. The summed E-state index contributed by atoms with van der Waals surface area (Å²) in [5.74, 6) is -0.588. The van der Waals surface area contributed by atoms with Crippen LogP contribution in [0.3, 0.4) is 0 Å². The Hall–Kier alpha value is -1.02. The van der Waals surface area contributed by atoms with Crippen molar-refractivity contribution in [3.63, 3.8) is 0 Å². The van der Waals surface area contributed by atoms with E-state index < -0.39 is 12.1 Å². The molecular weight excluding hydrogens is 264 g/mol. The SMILES string of the molecule is CN.CO.COC(=O)CC(O)C=O.NC1CCCCC1. The maximum atomic E-state index is 10.2. The second kappa shape index (κ2) is 20.3. The normalized spacial score (nSPS) is 14.9. The highest BCUT2D eigenvalue weighted by molar-refractivity contribution is 5.74. The van der Waals surface area contributed by atoms with Gasteiger partial charge in [0.05, 0.1) is 13.5 Å². The van der Waals surface area contributed by atoms with Gasteiger partial charge in [-0.3, -0.25) is 4.79 Å². The maximum Gasteiger partial charge on any atom is 0.308 e. The monoisotopic (exact) mass is 294 g/mol. The molecule has 0 saturated heterocycles. The van der Waals surface area contributed by atoms with Crippen molar-refractivity contribution in [3.8, 4) is 0 Å². The molecule has 6 N–H and O–H groups in total. The summed E-state index contributed by atoms with van der Waals surface area (Å²) >= 11 is 0. The lowest BCUT2D eigenvalue weighted by Crippen LogP contribution is -2.22. The third-order valence-electron chi connectivity index (χ3n) is 2.41. The van der Waals surface area contributed by atoms with Crippen LogP contribution in [-0.4, -0.2) is 55.9 Å². The molecule has 1 unspecified atom stereocenters. The average Bonchev–Trinajstić information content (AvgIpc) is 2.52. The Labute approximate surface area is 121 Å². The molecule has 1 aliphatic rings. The van der Waals surface area contributed by atoms with Gasteiger partial charge in [-0.1, -0.05) is 19.3 Å². The maximum absolute atomic E-state index is 10.2. The molecule has 7 heteroatoms. The van der Waals surface area contributed by atoms with Crippen molar-refractivity contribution in [2.75, 3.05) is 21.3 Å². The van der Waals surface area contributed by atoms with Gasteiger partial charge in [-0.15, -0.1) is 0 Å². The molecule has 0 heterocycles. The number of hydrogen-bond acceptors (Lipinski definition) is 7. The second-order valence-electron chi connectivity index (χ2n) is 3.88. The fraction of sp³-hybridized carbons (Fsp3) is 0.846. The Balaban J connectivity index is -0.000000234.